The van der Waals surface area contributed by atoms with Gasteiger partial charge in [0.2, 0.25) is 5.91 Å². The van der Waals surface area contributed by atoms with Gasteiger partial charge in [-0.05, 0) is 36.2 Å². The second-order valence-electron chi connectivity index (χ2n) is 7.15. The number of benzene rings is 1. The molecule has 0 saturated carbocycles. The summed E-state index contributed by atoms with van der Waals surface area (Å²) < 4.78 is 7.12. The Morgan fingerprint density at radius 2 is 2.07 bits per heavy atom. The summed E-state index contributed by atoms with van der Waals surface area (Å²) in [6.07, 6.45) is 2.85. The molecule has 0 radical (unpaired) electrons. The topological polar surface area (TPSA) is 98.2 Å². The Morgan fingerprint density at radius 1 is 1.21 bits per heavy atom. The van der Waals surface area contributed by atoms with Gasteiger partial charge < -0.3 is 9.84 Å². The molecular weight excluding hydrogens is 368 g/mol. The van der Waals surface area contributed by atoms with Gasteiger partial charge in [0.25, 0.3) is 5.89 Å². The van der Waals surface area contributed by atoms with E-state index < -0.39 is 0 Å². The van der Waals surface area contributed by atoms with Gasteiger partial charge in [-0.25, -0.2) is 0 Å². The largest absolute Gasteiger partial charge is 0.334 e. The van der Waals surface area contributed by atoms with Crippen molar-refractivity contribution in [3.63, 3.8) is 0 Å². The van der Waals surface area contributed by atoms with Crippen LogP contribution in [0.15, 0.2) is 47.1 Å². The lowest BCUT2D eigenvalue weighted by molar-refractivity contribution is -0.115. The number of amides is 1. The van der Waals surface area contributed by atoms with Crippen molar-refractivity contribution in [3.8, 4) is 11.5 Å². The predicted molar refractivity (Wildman–Crippen MR) is 109 cm³/mol. The van der Waals surface area contributed by atoms with Crippen LogP contribution in [-0.2, 0) is 17.6 Å². The van der Waals surface area contributed by atoms with Crippen LogP contribution in [0, 0.1) is 0 Å². The molecule has 4 aromatic rings. The number of pyridine rings is 1. The first-order chi connectivity index (χ1) is 14.0. The van der Waals surface area contributed by atoms with E-state index in [-0.39, 0.29) is 18.2 Å². The number of nitrogens with one attached hydrogen (secondary N) is 1. The van der Waals surface area contributed by atoms with Gasteiger partial charge in [-0.1, -0.05) is 38.1 Å². The number of carbonyl (C=O) groups excluding carboxylic acids is 1. The maximum Gasteiger partial charge on any atom is 0.258 e. The number of hydrogen-bond acceptors (Lipinski definition) is 6. The maximum atomic E-state index is 12.5. The Morgan fingerprint density at radius 3 is 2.83 bits per heavy atom. The van der Waals surface area contributed by atoms with Crippen molar-refractivity contribution in [1.82, 2.24) is 24.7 Å². The van der Waals surface area contributed by atoms with Crippen LogP contribution in [0.5, 0.6) is 0 Å². The molecule has 0 aliphatic carbocycles. The minimum atomic E-state index is -0.143. The monoisotopic (exact) mass is 390 g/mol. The summed E-state index contributed by atoms with van der Waals surface area (Å²) in [6, 6.07) is 11.5. The molecule has 0 atom stereocenters. The van der Waals surface area contributed by atoms with E-state index in [0.717, 1.165) is 17.7 Å². The first kappa shape index (κ1) is 18.8. The molecule has 0 unspecified atom stereocenters. The quantitative estimate of drug-likeness (QED) is 0.540. The molecule has 0 fully saturated rings. The molecule has 1 amide bonds. The van der Waals surface area contributed by atoms with E-state index in [1.54, 1.807) is 4.40 Å². The summed E-state index contributed by atoms with van der Waals surface area (Å²) in [5, 5.41) is 15.2. The zero-order valence-electron chi connectivity index (χ0n) is 16.6. The van der Waals surface area contributed by atoms with Crippen LogP contribution in [0.25, 0.3) is 17.1 Å². The summed E-state index contributed by atoms with van der Waals surface area (Å²) in [4.78, 5) is 16.9. The smallest absolute Gasteiger partial charge is 0.258 e. The van der Waals surface area contributed by atoms with Crippen LogP contribution in [0.4, 0.5) is 5.69 Å². The SMILES string of the molecule is CCc1cccc(NC(=O)Cc2nnc3cc(-c4nc(C(C)C)no4)ccn23)c1. The van der Waals surface area contributed by atoms with Crippen LogP contribution in [-0.4, -0.2) is 30.6 Å². The van der Waals surface area contributed by atoms with E-state index in [0.29, 0.717) is 23.2 Å². The van der Waals surface area contributed by atoms with Gasteiger partial charge in [0.15, 0.2) is 11.5 Å². The highest BCUT2D eigenvalue weighted by Gasteiger charge is 2.15. The summed E-state index contributed by atoms with van der Waals surface area (Å²) >= 11 is 0. The van der Waals surface area contributed by atoms with Crippen molar-refractivity contribution in [2.75, 3.05) is 5.32 Å². The number of fused-ring (bicyclic) bond motifs is 1. The first-order valence-electron chi connectivity index (χ1n) is 9.60. The fraction of sp³-hybridized carbons (Fsp3) is 0.286. The molecule has 0 saturated heterocycles. The number of rotatable bonds is 6. The third-order valence-electron chi connectivity index (χ3n) is 4.62. The van der Waals surface area contributed by atoms with E-state index in [9.17, 15) is 4.79 Å². The molecule has 0 aliphatic rings. The van der Waals surface area contributed by atoms with Crippen molar-refractivity contribution in [2.45, 2.75) is 39.5 Å². The van der Waals surface area contributed by atoms with Gasteiger partial charge in [-0.2, -0.15) is 4.98 Å². The minimum absolute atomic E-state index is 0.120. The predicted octanol–water partition coefficient (Wildman–Crippen LogP) is 3.65. The summed E-state index contributed by atoms with van der Waals surface area (Å²) in [5.74, 6) is 1.70. The molecule has 8 nitrogen and oxygen atoms in total. The lowest BCUT2D eigenvalue weighted by atomic mass is 10.1. The molecule has 1 N–H and O–H groups in total. The van der Waals surface area contributed by atoms with Crippen LogP contribution in [0.1, 0.15) is 43.9 Å². The number of nitrogens with zero attached hydrogens (tertiary/aromatic N) is 5. The second kappa shape index (κ2) is 7.83. The molecule has 29 heavy (non-hydrogen) atoms. The van der Waals surface area contributed by atoms with Crippen molar-refractivity contribution >= 4 is 17.2 Å². The lowest BCUT2D eigenvalue weighted by Gasteiger charge is -2.06. The average Bonchev–Trinajstić information content (AvgIpc) is 3.35. The highest BCUT2D eigenvalue weighted by atomic mass is 16.5. The van der Waals surface area contributed by atoms with Gasteiger partial charge in [0.1, 0.15) is 5.82 Å². The molecule has 8 heteroatoms. The third-order valence-corrected chi connectivity index (χ3v) is 4.62. The Labute approximate surface area is 168 Å². The molecule has 0 aliphatic heterocycles. The number of aromatic nitrogens is 5. The average molecular weight is 390 g/mol. The van der Waals surface area contributed by atoms with E-state index in [1.807, 2.05) is 56.4 Å². The molecule has 3 aromatic heterocycles. The minimum Gasteiger partial charge on any atom is -0.334 e. The number of anilines is 1. The van der Waals surface area contributed by atoms with E-state index in [4.69, 9.17) is 4.52 Å². The maximum absolute atomic E-state index is 12.5. The molecule has 4 rings (SSSR count). The lowest BCUT2D eigenvalue weighted by Crippen LogP contribution is -2.16. The Bertz CT molecular complexity index is 1160. The highest BCUT2D eigenvalue weighted by Crippen LogP contribution is 2.21. The third kappa shape index (κ3) is 4.01. The van der Waals surface area contributed by atoms with E-state index in [2.05, 4.69) is 32.6 Å². The first-order valence-corrected chi connectivity index (χ1v) is 9.60. The molecule has 0 bridgehead atoms. The summed E-state index contributed by atoms with van der Waals surface area (Å²) in [7, 11) is 0. The number of aryl methyl sites for hydroxylation is 1. The highest BCUT2D eigenvalue weighted by molar-refractivity contribution is 5.92. The zero-order chi connectivity index (χ0) is 20.4. The van der Waals surface area contributed by atoms with Gasteiger partial charge in [0.05, 0.1) is 6.42 Å². The van der Waals surface area contributed by atoms with Crippen LogP contribution in [0.2, 0.25) is 0 Å². The van der Waals surface area contributed by atoms with Crippen molar-refractivity contribution < 1.29 is 9.32 Å². The summed E-state index contributed by atoms with van der Waals surface area (Å²) in [5.41, 5.74) is 3.33. The van der Waals surface area contributed by atoms with Gasteiger partial charge in [-0.15, -0.1) is 10.2 Å². The fourth-order valence-electron chi connectivity index (χ4n) is 3.00. The van der Waals surface area contributed by atoms with Crippen LogP contribution >= 0.6 is 0 Å². The molecule has 148 valence electrons. The van der Waals surface area contributed by atoms with Crippen LogP contribution < -0.4 is 5.32 Å². The number of hydrogen-bond donors (Lipinski definition) is 1. The molecule has 3 heterocycles. The van der Waals surface area contributed by atoms with E-state index >= 15 is 0 Å². The fourth-order valence-corrected chi connectivity index (χ4v) is 3.00. The molecule has 0 spiro atoms. The van der Waals surface area contributed by atoms with Crippen molar-refractivity contribution in [3.05, 3.63) is 59.8 Å². The zero-order valence-corrected chi connectivity index (χ0v) is 16.6. The van der Waals surface area contributed by atoms with E-state index in [1.165, 1.54) is 5.56 Å². The second-order valence-corrected chi connectivity index (χ2v) is 7.15. The van der Waals surface area contributed by atoms with Gasteiger partial charge >= 0.3 is 0 Å². The van der Waals surface area contributed by atoms with Crippen molar-refractivity contribution in [2.24, 2.45) is 0 Å². The van der Waals surface area contributed by atoms with Gasteiger partial charge in [0, 0.05) is 23.4 Å². The Hall–Kier alpha value is -3.55. The summed E-state index contributed by atoms with van der Waals surface area (Å²) in [6.45, 7) is 6.09. The Kier molecular flexibility index (Phi) is 5.07. The van der Waals surface area contributed by atoms with Crippen LogP contribution in [0.3, 0.4) is 0 Å². The molecular formula is C21H22N6O2. The Balaban J connectivity index is 1.51. The normalized spacial score (nSPS) is 11.3. The number of carbonyl (C=O) groups is 1. The standard InChI is InChI=1S/C21H22N6O2/c1-4-14-6-5-7-16(10-14)22-19(28)12-18-25-24-17-11-15(8-9-27(17)18)21-23-20(13(2)3)26-29-21/h5-11,13H,4,12H2,1-3H3,(H,22,28). The molecule has 1 aromatic carbocycles. The van der Waals surface area contributed by atoms with Crippen molar-refractivity contribution in [1.29, 1.82) is 0 Å². The van der Waals surface area contributed by atoms with Gasteiger partial charge in [-0.3, -0.25) is 9.20 Å².